The third-order valence-corrected chi connectivity index (χ3v) is 4.66. The lowest BCUT2D eigenvalue weighted by atomic mass is 10.3. The van der Waals surface area contributed by atoms with Crippen LogP contribution in [0.3, 0.4) is 0 Å². The third kappa shape index (κ3) is 3.00. The molecule has 1 fully saturated rings. The summed E-state index contributed by atoms with van der Waals surface area (Å²) in [6.45, 7) is 3.27. The molecule has 0 bridgehead atoms. The van der Waals surface area contributed by atoms with E-state index in [4.69, 9.17) is 4.74 Å². The van der Waals surface area contributed by atoms with Gasteiger partial charge in [-0.1, -0.05) is 0 Å². The van der Waals surface area contributed by atoms with Gasteiger partial charge in [0.15, 0.2) is 5.69 Å². The molecule has 0 saturated carbocycles. The van der Waals surface area contributed by atoms with Crippen molar-refractivity contribution in [3.8, 4) is 0 Å². The molecule has 2 heterocycles. The molecule has 1 atom stereocenters. The van der Waals surface area contributed by atoms with Crippen molar-refractivity contribution in [3.05, 3.63) is 16.1 Å². The SMILES string of the molecule is CCOC(=O)c1csc(C2CSCCN2C)n1. The highest BCUT2D eigenvalue weighted by molar-refractivity contribution is 7.99. The first-order chi connectivity index (χ1) is 8.22. The average Bonchev–Trinajstić information content (AvgIpc) is 2.79. The summed E-state index contributed by atoms with van der Waals surface area (Å²) in [5, 5.41) is 2.81. The fourth-order valence-electron chi connectivity index (χ4n) is 1.69. The minimum absolute atomic E-state index is 0.318. The maximum absolute atomic E-state index is 11.5. The number of aromatic nitrogens is 1. The van der Waals surface area contributed by atoms with Crippen LogP contribution in [-0.2, 0) is 4.74 Å². The monoisotopic (exact) mass is 272 g/mol. The molecule has 1 saturated heterocycles. The van der Waals surface area contributed by atoms with Crippen LogP contribution < -0.4 is 0 Å². The Kier molecular flexibility index (Phi) is 4.42. The largest absolute Gasteiger partial charge is 0.461 e. The molecule has 94 valence electrons. The summed E-state index contributed by atoms with van der Waals surface area (Å²) in [4.78, 5) is 18.2. The number of ether oxygens (including phenoxy) is 1. The van der Waals surface area contributed by atoms with E-state index >= 15 is 0 Å². The summed E-state index contributed by atoms with van der Waals surface area (Å²) >= 11 is 3.49. The highest BCUT2D eigenvalue weighted by Gasteiger charge is 2.25. The van der Waals surface area contributed by atoms with Crippen molar-refractivity contribution in [3.63, 3.8) is 0 Å². The number of hydrogen-bond donors (Lipinski definition) is 0. The number of thioether (sulfide) groups is 1. The summed E-state index contributed by atoms with van der Waals surface area (Å²) in [6.07, 6.45) is 0. The molecule has 0 aromatic carbocycles. The number of nitrogens with zero attached hydrogens (tertiary/aromatic N) is 2. The Morgan fingerprint density at radius 1 is 1.71 bits per heavy atom. The summed E-state index contributed by atoms with van der Waals surface area (Å²) in [5.41, 5.74) is 0.441. The molecular weight excluding hydrogens is 256 g/mol. The van der Waals surface area contributed by atoms with Gasteiger partial charge in [0.05, 0.1) is 12.6 Å². The quantitative estimate of drug-likeness (QED) is 0.788. The fourth-order valence-corrected chi connectivity index (χ4v) is 3.96. The molecule has 1 aromatic rings. The van der Waals surface area contributed by atoms with Crippen molar-refractivity contribution in [2.75, 3.05) is 31.7 Å². The first-order valence-electron chi connectivity index (χ1n) is 5.63. The van der Waals surface area contributed by atoms with E-state index < -0.39 is 0 Å². The maximum Gasteiger partial charge on any atom is 0.357 e. The highest BCUT2D eigenvalue weighted by Crippen LogP contribution is 2.30. The third-order valence-electron chi connectivity index (χ3n) is 2.69. The van der Waals surface area contributed by atoms with E-state index in [1.54, 1.807) is 23.6 Å². The normalized spacial score (nSPS) is 21.4. The van der Waals surface area contributed by atoms with Crippen molar-refractivity contribution >= 4 is 29.1 Å². The van der Waals surface area contributed by atoms with Crippen molar-refractivity contribution in [1.82, 2.24) is 9.88 Å². The molecule has 0 radical (unpaired) electrons. The number of esters is 1. The van der Waals surface area contributed by atoms with E-state index in [1.165, 1.54) is 5.75 Å². The van der Waals surface area contributed by atoms with E-state index in [9.17, 15) is 4.79 Å². The van der Waals surface area contributed by atoms with Crippen LogP contribution in [0.25, 0.3) is 0 Å². The van der Waals surface area contributed by atoms with Gasteiger partial charge in [0.2, 0.25) is 0 Å². The molecule has 0 spiro atoms. The molecule has 0 amide bonds. The van der Waals surface area contributed by atoms with Gasteiger partial charge in [-0.05, 0) is 14.0 Å². The van der Waals surface area contributed by atoms with Gasteiger partial charge in [-0.15, -0.1) is 11.3 Å². The molecule has 1 aliphatic rings. The predicted octanol–water partition coefficient (Wildman–Crippen LogP) is 2.04. The first kappa shape index (κ1) is 12.9. The molecule has 17 heavy (non-hydrogen) atoms. The molecule has 4 nitrogen and oxygen atoms in total. The Bertz CT molecular complexity index is 395. The second kappa shape index (κ2) is 5.84. The van der Waals surface area contributed by atoms with Crippen LogP contribution in [0.2, 0.25) is 0 Å². The summed E-state index contributed by atoms with van der Waals surface area (Å²) in [5.74, 6) is 1.90. The fraction of sp³-hybridized carbons (Fsp3) is 0.636. The topological polar surface area (TPSA) is 42.4 Å². The first-order valence-corrected chi connectivity index (χ1v) is 7.66. The molecule has 1 aromatic heterocycles. The Labute approximate surface area is 109 Å². The molecule has 2 rings (SSSR count). The number of hydrogen-bond acceptors (Lipinski definition) is 6. The number of thiazole rings is 1. The van der Waals surface area contributed by atoms with Gasteiger partial charge in [0, 0.05) is 23.4 Å². The number of rotatable bonds is 3. The molecule has 0 N–H and O–H groups in total. The molecule has 1 unspecified atom stereocenters. The lowest BCUT2D eigenvalue weighted by Gasteiger charge is -2.30. The van der Waals surface area contributed by atoms with Crippen LogP contribution in [0.1, 0.15) is 28.5 Å². The summed E-state index contributed by atoms with van der Waals surface area (Å²) in [6, 6.07) is 0.335. The van der Waals surface area contributed by atoms with Crippen LogP contribution in [0.15, 0.2) is 5.38 Å². The van der Waals surface area contributed by atoms with Crippen LogP contribution in [0.4, 0.5) is 0 Å². The zero-order valence-corrected chi connectivity index (χ0v) is 11.6. The average molecular weight is 272 g/mol. The van der Waals surface area contributed by atoms with Gasteiger partial charge in [0.25, 0.3) is 0 Å². The number of carbonyl (C=O) groups is 1. The Balaban J connectivity index is 2.09. The Hall–Kier alpha value is -0.590. The smallest absolute Gasteiger partial charge is 0.357 e. The van der Waals surface area contributed by atoms with Crippen molar-refractivity contribution in [2.24, 2.45) is 0 Å². The van der Waals surface area contributed by atoms with Crippen molar-refractivity contribution in [1.29, 1.82) is 0 Å². The van der Waals surface area contributed by atoms with Crippen LogP contribution >= 0.6 is 23.1 Å². The zero-order valence-electron chi connectivity index (χ0n) is 10.0. The van der Waals surface area contributed by atoms with Gasteiger partial charge in [0.1, 0.15) is 5.01 Å². The van der Waals surface area contributed by atoms with Gasteiger partial charge >= 0.3 is 5.97 Å². The van der Waals surface area contributed by atoms with Gasteiger partial charge < -0.3 is 4.74 Å². The van der Waals surface area contributed by atoms with Crippen molar-refractivity contribution in [2.45, 2.75) is 13.0 Å². The van der Waals surface area contributed by atoms with Crippen LogP contribution in [-0.4, -0.2) is 47.6 Å². The van der Waals surface area contributed by atoms with Gasteiger partial charge in [-0.2, -0.15) is 11.8 Å². The number of carbonyl (C=O) groups excluding carboxylic acids is 1. The second-order valence-corrected chi connectivity index (χ2v) is 5.90. The molecular formula is C11H16N2O2S2. The minimum atomic E-state index is -0.318. The molecule has 1 aliphatic heterocycles. The summed E-state index contributed by atoms with van der Waals surface area (Å²) < 4.78 is 4.94. The van der Waals surface area contributed by atoms with E-state index in [-0.39, 0.29) is 5.97 Å². The standard InChI is InChI=1S/C11H16N2O2S2/c1-3-15-11(14)8-6-17-10(12-8)9-7-16-5-4-13(9)2/h6,9H,3-5,7H2,1-2H3. The van der Waals surface area contributed by atoms with E-state index in [0.29, 0.717) is 18.3 Å². The van der Waals surface area contributed by atoms with Crippen molar-refractivity contribution < 1.29 is 9.53 Å². The lowest BCUT2D eigenvalue weighted by molar-refractivity contribution is 0.0520. The molecule has 0 aliphatic carbocycles. The van der Waals surface area contributed by atoms with E-state index in [1.807, 2.05) is 11.8 Å². The predicted molar refractivity (Wildman–Crippen MR) is 70.8 cm³/mol. The Morgan fingerprint density at radius 2 is 2.53 bits per heavy atom. The van der Waals surface area contributed by atoms with E-state index in [0.717, 1.165) is 17.3 Å². The highest BCUT2D eigenvalue weighted by atomic mass is 32.2. The second-order valence-electron chi connectivity index (χ2n) is 3.86. The minimum Gasteiger partial charge on any atom is -0.461 e. The summed E-state index contributed by atoms with van der Waals surface area (Å²) in [7, 11) is 2.11. The van der Waals surface area contributed by atoms with Gasteiger partial charge in [-0.3, -0.25) is 4.90 Å². The Morgan fingerprint density at radius 3 is 3.24 bits per heavy atom. The van der Waals surface area contributed by atoms with Crippen LogP contribution in [0, 0.1) is 0 Å². The molecule has 6 heteroatoms. The van der Waals surface area contributed by atoms with Gasteiger partial charge in [-0.25, -0.2) is 9.78 Å². The van der Waals surface area contributed by atoms with Crippen LogP contribution in [0.5, 0.6) is 0 Å². The lowest BCUT2D eigenvalue weighted by Crippen LogP contribution is -2.32. The zero-order chi connectivity index (χ0) is 12.3. The van der Waals surface area contributed by atoms with E-state index in [2.05, 4.69) is 16.9 Å². The maximum atomic E-state index is 11.5.